The van der Waals surface area contributed by atoms with Gasteiger partial charge < -0.3 is 10.5 Å². The molecule has 0 bridgehead atoms. The molecule has 1 heterocycles. The van der Waals surface area contributed by atoms with Crippen LogP contribution in [0.1, 0.15) is 18.1 Å². The molecule has 0 radical (unpaired) electrons. The highest BCUT2D eigenvalue weighted by Crippen LogP contribution is 2.15. The number of halogens is 1. The number of nitrogens with zero attached hydrogens (tertiary/aromatic N) is 2. The average molecular weight is 249 g/mol. The maximum atomic E-state index is 13.5. The predicted molar refractivity (Wildman–Crippen MR) is 66.5 cm³/mol. The van der Waals surface area contributed by atoms with Crippen molar-refractivity contribution >= 4 is 0 Å². The average Bonchev–Trinajstić information content (AvgIpc) is 2.86. The molecule has 0 fully saturated rings. The Bertz CT molecular complexity index is 525. The standard InChI is InChI=1S/C13H16FN3O/c1-2-17-8-12(7-16-17)18-9-11-5-10(6-15)3-4-13(11)14/h3-5,7-8H,2,6,9,15H2,1H3. The molecule has 0 saturated heterocycles. The molecule has 4 nitrogen and oxygen atoms in total. The zero-order chi connectivity index (χ0) is 13.0. The molecular formula is C13H16FN3O. The Labute approximate surface area is 105 Å². The van der Waals surface area contributed by atoms with Crippen molar-refractivity contribution in [2.75, 3.05) is 0 Å². The first-order valence-electron chi connectivity index (χ1n) is 5.85. The molecule has 0 spiro atoms. The second-order valence-corrected chi connectivity index (χ2v) is 3.95. The largest absolute Gasteiger partial charge is 0.486 e. The molecule has 96 valence electrons. The van der Waals surface area contributed by atoms with Crippen LogP contribution in [-0.2, 0) is 19.7 Å². The van der Waals surface area contributed by atoms with E-state index in [1.54, 1.807) is 29.2 Å². The van der Waals surface area contributed by atoms with Crippen molar-refractivity contribution in [1.82, 2.24) is 9.78 Å². The van der Waals surface area contributed by atoms with Gasteiger partial charge >= 0.3 is 0 Å². The maximum absolute atomic E-state index is 13.5. The van der Waals surface area contributed by atoms with Crippen LogP contribution in [0.15, 0.2) is 30.6 Å². The minimum absolute atomic E-state index is 0.176. The maximum Gasteiger partial charge on any atom is 0.157 e. The Kier molecular flexibility index (Phi) is 3.94. The molecule has 0 saturated carbocycles. The van der Waals surface area contributed by atoms with Gasteiger partial charge in [-0.3, -0.25) is 4.68 Å². The van der Waals surface area contributed by atoms with Gasteiger partial charge in [0, 0.05) is 18.7 Å². The van der Waals surface area contributed by atoms with Crippen molar-refractivity contribution in [3.63, 3.8) is 0 Å². The lowest BCUT2D eigenvalue weighted by molar-refractivity contribution is 0.299. The minimum atomic E-state index is -0.282. The normalized spacial score (nSPS) is 10.6. The quantitative estimate of drug-likeness (QED) is 0.882. The number of ether oxygens (including phenoxy) is 1. The fraction of sp³-hybridized carbons (Fsp3) is 0.308. The second kappa shape index (κ2) is 5.64. The summed E-state index contributed by atoms with van der Waals surface area (Å²) in [6.45, 7) is 3.33. The highest BCUT2D eigenvalue weighted by atomic mass is 19.1. The van der Waals surface area contributed by atoms with Crippen LogP contribution in [0, 0.1) is 5.82 Å². The van der Waals surface area contributed by atoms with E-state index in [-0.39, 0.29) is 12.4 Å². The molecule has 0 unspecified atom stereocenters. The fourth-order valence-corrected chi connectivity index (χ4v) is 1.62. The lowest BCUT2D eigenvalue weighted by Gasteiger charge is -2.06. The lowest BCUT2D eigenvalue weighted by atomic mass is 10.1. The third kappa shape index (κ3) is 2.87. The Morgan fingerprint density at radius 1 is 1.44 bits per heavy atom. The fourth-order valence-electron chi connectivity index (χ4n) is 1.62. The van der Waals surface area contributed by atoms with E-state index in [9.17, 15) is 4.39 Å². The second-order valence-electron chi connectivity index (χ2n) is 3.95. The first kappa shape index (κ1) is 12.6. The van der Waals surface area contributed by atoms with E-state index in [0.29, 0.717) is 17.9 Å². The Morgan fingerprint density at radius 2 is 2.28 bits per heavy atom. The van der Waals surface area contributed by atoms with Gasteiger partial charge in [0.1, 0.15) is 12.4 Å². The summed E-state index contributed by atoms with van der Waals surface area (Å²) < 4.78 is 20.8. The highest BCUT2D eigenvalue weighted by molar-refractivity contribution is 5.25. The zero-order valence-corrected chi connectivity index (χ0v) is 10.3. The molecule has 5 heteroatoms. The molecule has 0 atom stereocenters. The van der Waals surface area contributed by atoms with Crippen LogP contribution in [-0.4, -0.2) is 9.78 Å². The minimum Gasteiger partial charge on any atom is -0.486 e. The summed E-state index contributed by atoms with van der Waals surface area (Å²) >= 11 is 0. The van der Waals surface area contributed by atoms with Crippen LogP contribution < -0.4 is 10.5 Å². The smallest absolute Gasteiger partial charge is 0.157 e. The number of rotatable bonds is 5. The van der Waals surface area contributed by atoms with Crippen molar-refractivity contribution in [1.29, 1.82) is 0 Å². The van der Waals surface area contributed by atoms with E-state index >= 15 is 0 Å². The summed E-state index contributed by atoms with van der Waals surface area (Å²) in [5, 5.41) is 4.08. The van der Waals surface area contributed by atoms with Crippen LogP contribution in [0.2, 0.25) is 0 Å². The first-order chi connectivity index (χ1) is 8.72. The van der Waals surface area contributed by atoms with Gasteiger partial charge in [0.05, 0.1) is 12.4 Å². The van der Waals surface area contributed by atoms with Crippen molar-refractivity contribution < 1.29 is 9.13 Å². The van der Waals surface area contributed by atoms with Gasteiger partial charge in [0.15, 0.2) is 5.75 Å². The van der Waals surface area contributed by atoms with Gasteiger partial charge in [-0.25, -0.2) is 4.39 Å². The number of hydrogen-bond acceptors (Lipinski definition) is 3. The molecule has 2 rings (SSSR count). The van der Waals surface area contributed by atoms with Gasteiger partial charge in [-0.05, 0) is 24.6 Å². The molecular weight excluding hydrogens is 233 g/mol. The van der Waals surface area contributed by atoms with Gasteiger partial charge in [-0.1, -0.05) is 6.07 Å². The van der Waals surface area contributed by atoms with E-state index in [1.807, 2.05) is 6.92 Å². The van der Waals surface area contributed by atoms with E-state index in [0.717, 1.165) is 12.1 Å². The number of aromatic nitrogens is 2. The van der Waals surface area contributed by atoms with Crippen LogP contribution in [0.4, 0.5) is 4.39 Å². The summed E-state index contributed by atoms with van der Waals surface area (Å²) in [7, 11) is 0. The molecule has 18 heavy (non-hydrogen) atoms. The number of benzene rings is 1. The Balaban J connectivity index is 2.05. The summed E-state index contributed by atoms with van der Waals surface area (Å²) in [5.41, 5.74) is 6.91. The molecule has 2 aromatic rings. The van der Waals surface area contributed by atoms with E-state index < -0.39 is 0 Å². The van der Waals surface area contributed by atoms with Crippen molar-refractivity contribution in [2.24, 2.45) is 5.73 Å². The summed E-state index contributed by atoms with van der Waals surface area (Å²) in [6.07, 6.45) is 3.40. The number of aryl methyl sites for hydroxylation is 1. The summed E-state index contributed by atoms with van der Waals surface area (Å²) in [5.74, 6) is 0.351. The lowest BCUT2D eigenvalue weighted by Crippen LogP contribution is -2.02. The van der Waals surface area contributed by atoms with Gasteiger partial charge in [0.2, 0.25) is 0 Å². The Morgan fingerprint density at radius 3 is 2.94 bits per heavy atom. The molecule has 2 N–H and O–H groups in total. The third-order valence-corrected chi connectivity index (χ3v) is 2.67. The Hall–Kier alpha value is -1.88. The van der Waals surface area contributed by atoms with Gasteiger partial charge in [0.25, 0.3) is 0 Å². The molecule has 1 aromatic carbocycles. The van der Waals surface area contributed by atoms with Crippen molar-refractivity contribution in [3.05, 3.63) is 47.5 Å². The molecule has 0 aliphatic heterocycles. The molecule has 0 amide bonds. The summed E-state index contributed by atoms with van der Waals surface area (Å²) in [6, 6.07) is 4.81. The molecule has 0 aliphatic carbocycles. The third-order valence-electron chi connectivity index (χ3n) is 2.67. The van der Waals surface area contributed by atoms with Crippen LogP contribution in [0.25, 0.3) is 0 Å². The van der Waals surface area contributed by atoms with Crippen molar-refractivity contribution in [3.8, 4) is 5.75 Å². The van der Waals surface area contributed by atoms with E-state index in [1.165, 1.54) is 6.07 Å². The molecule has 1 aromatic heterocycles. The van der Waals surface area contributed by atoms with Crippen LogP contribution >= 0.6 is 0 Å². The number of nitrogens with two attached hydrogens (primary N) is 1. The monoisotopic (exact) mass is 249 g/mol. The molecule has 0 aliphatic rings. The van der Waals surface area contributed by atoms with Crippen LogP contribution in [0.3, 0.4) is 0 Å². The van der Waals surface area contributed by atoms with Crippen molar-refractivity contribution in [2.45, 2.75) is 26.6 Å². The van der Waals surface area contributed by atoms with E-state index in [2.05, 4.69) is 5.10 Å². The zero-order valence-electron chi connectivity index (χ0n) is 10.3. The van der Waals surface area contributed by atoms with Crippen LogP contribution in [0.5, 0.6) is 5.75 Å². The topological polar surface area (TPSA) is 53.1 Å². The van der Waals surface area contributed by atoms with E-state index in [4.69, 9.17) is 10.5 Å². The predicted octanol–water partition coefficient (Wildman–Crippen LogP) is 2.08. The van der Waals surface area contributed by atoms with Gasteiger partial charge in [-0.15, -0.1) is 0 Å². The summed E-state index contributed by atoms with van der Waals surface area (Å²) in [4.78, 5) is 0. The van der Waals surface area contributed by atoms with Gasteiger partial charge in [-0.2, -0.15) is 5.10 Å². The first-order valence-corrected chi connectivity index (χ1v) is 5.85. The highest BCUT2D eigenvalue weighted by Gasteiger charge is 2.05. The SMILES string of the molecule is CCn1cc(OCc2cc(CN)ccc2F)cn1. The number of hydrogen-bond donors (Lipinski definition) is 1.